The number of amides is 2. The van der Waals surface area contributed by atoms with Gasteiger partial charge in [0, 0.05) is 44.8 Å². The van der Waals surface area contributed by atoms with Crippen LogP contribution in [-0.4, -0.2) is 78.1 Å². The Morgan fingerprint density at radius 3 is 2.74 bits per heavy atom. The van der Waals surface area contributed by atoms with E-state index in [1.807, 2.05) is 39.0 Å². The molecule has 0 atom stereocenters. The smallest absolute Gasteiger partial charge is 0.264 e. The minimum Gasteiger partial charge on any atom is -0.492 e. The molecule has 9 nitrogen and oxygen atoms in total. The highest BCUT2D eigenvalue weighted by molar-refractivity contribution is 8.18. The molecular formula is C27H36N6O3S2. The quantitative estimate of drug-likeness (QED) is 0.467. The molecule has 1 aliphatic carbocycles. The minimum absolute atomic E-state index is 0.0211. The van der Waals surface area contributed by atoms with E-state index in [4.69, 9.17) is 4.74 Å². The van der Waals surface area contributed by atoms with Crippen molar-refractivity contribution >= 4 is 57.0 Å². The van der Waals surface area contributed by atoms with Crippen LogP contribution in [0, 0.1) is 12.8 Å². The molecule has 0 spiro atoms. The van der Waals surface area contributed by atoms with Crippen molar-refractivity contribution in [3.05, 3.63) is 39.7 Å². The summed E-state index contributed by atoms with van der Waals surface area (Å²) < 4.78 is 5.97. The standard InChI is InChI=1S/C25H30N6O3S2.C2H6/c1-16-13-18(34-12-11-31-9-7-30(2)8-10-31)5-6-20(16)27-25-29-23(33)21(36-25)14-19-15-26-24(35-19)28-22(32)17-3-4-17;1-2/h5-6,13-15,17H,3-4,7-12H2,1-2H3,(H,26,28,32)(H,27,29,33);1-2H3/b21-14-;. The van der Waals surface area contributed by atoms with Gasteiger partial charge in [0.2, 0.25) is 5.91 Å². The van der Waals surface area contributed by atoms with E-state index in [2.05, 4.69) is 37.5 Å². The number of nitrogens with zero attached hydrogens (tertiary/aromatic N) is 4. The van der Waals surface area contributed by atoms with Gasteiger partial charge in [0.25, 0.3) is 5.91 Å². The highest BCUT2D eigenvalue weighted by atomic mass is 32.2. The van der Waals surface area contributed by atoms with Crippen LogP contribution >= 0.6 is 23.1 Å². The summed E-state index contributed by atoms with van der Waals surface area (Å²) in [5.41, 5.74) is 1.76. The number of amidine groups is 1. The molecule has 2 aromatic rings. The van der Waals surface area contributed by atoms with Crippen molar-refractivity contribution in [3.8, 4) is 5.75 Å². The minimum atomic E-state index is -0.197. The van der Waals surface area contributed by atoms with Crippen LogP contribution in [0.5, 0.6) is 5.75 Å². The molecule has 11 heteroatoms. The number of benzene rings is 1. The maximum Gasteiger partial charge on any atom is 0.264 e. The van der Waals surface area contributed by atoms with E-state index in [9.17, 15) is 9.59 Å². The molecule has 3 aliphatic rings. The van der Waals surface area contributed by atoms with E-state index in [1.54, 1.807) is 12.3 Å². The summed E-state index contributed by atoms with van der Waals surface area (Å²) >= 11 is 2.64. The Kier molecular flexibility index (Phi) is 9.95. The normalized spacial score (nSPS) is 20.3. The number of anilines is 1. The lowest BCUT2D eigenvalue weighted by molar-refractivity contribution is -0.117. The van der Waals surface area contributed by atoms with E-state index in [0.717, 1.165) is 67.4 Å². The summed E-state index contributed by atoms with van der Waals surface area (Å²) in [4.78, 5) is 39.4. The predicted octanol–water partition coefficient (Wildman–Crippen LogP) is 4.34. The fraction of sp³-hybridized carbons (Fsp3) is 0.481. The molecule has 0 bridgehead atoms. The number of carbonyl (C=O) groups is 2. The fourth-order valence-corrected chi connectivity index (χ4v) is 5.55. The zero-order chi connectivity index (χ0) is 27.1. The number of aromatic nitrogens is 1. The van der Waals surface area contributed by atoms with Crippen molar-refractivity contribution in [1.82, 2.24) is 20.1 Å². The topological polar surface area (TPSA) is 99.2 Å². The van der Waals surface area contributed by atoms with Gasteiger partial charge < -0.3 is 20.3 Å². The summed E-state index contributed by atoms with van der Waals surface area (Å²) in [6.07, 6.45) is 5.32. The second-order valence-corrected chi connectivity index (χ2v) is 11.3. The first-order valence-electron chi connectivity index (χ1n) is 13.1. The zero-order valence-electron chi connectivity index (χ0n) is 22.5. The molecule has 2 saturated heterocycles. The maximum atomic E-state index is 12.5. The summed E-state index contributed by atoms with van der Waals surface area (Å²) in [6, 6.07) is 5.82. The van der Waals surface area contributed by atoms with Gasteiger partial charge in [-0.15, -0.1) is 0 Å². The van der Waals surface area contributed by atoms with E-state index in [0.29, 0.717) is 21.8 Å². The SMILES string of the molecule is CC.Cc1cc(OCCN2CCN(C)CC2)ccc1N=C1NC(=O)/C(=C/c2cnc(NC(=O)C3CC3)s2)S1. The van der Waals surface area contributed by atoms with Gasteiger partial charge in [-0.25, -0.2) is 9.98 Å². The van der Waals surface area contributed by atoms with Crippen molar-refractivity contribution in [3.63, 3.8) is 0 Å². The highest BCUT2D eigenvalue weighted by Crippen LogP contribution is 2.33. The van der Waals surface area contributed by atoms with Crippen molar-refractivity contribution in [1.29, 1.82) is 0 Å². The molecule has 3 heterocycles. The molecule has 0 unspecified atom stereocenters. The number of aliphatic imine (C=N–C) groups is 1. The van der Waals surface area contributed by atoms with Gasteiger partial charge in [0.05, 0.1) is 15.5 Å². The largest absolute Gasteiger partial charge is 0.492 e. The Hall–Kier alpha value is -2.73. The molecule has 38 heavy (non-hydrogen) atoms. The molecule has 3 fully saturated rings. The monoisotopic (exact) mass is 556 g/mol. The number of ether oxygens (including phenoxy) is 1. The van der Waals surface area contributed by atoms with Gasteiger partial charge in [-0.05, 0) is 68.4 Å². The van der Waals surface area contributed by atoms with Crippen LogP contribution in [0.3, 0.4) is 0 Å². The number of hydrogen-bond acceptors (Lipinski definition) is 9. The zero-order valence-corrected chi connectivity index (χ0v) is 24.1. The first kappa shape index (κ1) is 28.3. The number of thiazole rings is 1. The molecule has 1 aromatic heterocycles. The average molecular weight is 557 g/mol. The lowest BCUT2D eigenvalue weighted by Crippen LogP contribution is -2.45. The van der Waals surface area contributed by atoms with Gasteiger partial charge in [-0.1, -0.05) is 25.2 Å². The van der Waals surface area contributed by atoms with Crippen LogP contribution in [0.4, 0.5) is 10.8 Å². The van der Waals surface area contributed by atoms with Crippen LogP contribution in [-0.2, 0) is 9.59 Å². The third-order valence-electron chi connectivity index (χ3n) is 6.29. The maximum absolute atomic E-state index is 12.5. The van der Waals surface area contributed by atoms with Crippen LogP contribution in [0.2, 0.25) is 0 Å². The van der Waals surface area contributed by atoms with E-state index >= 15 is 0 Å². The molecule has 0 radical (unpaired) electrons. The second-order valence-electron chi connectivity index (χ2n) is 9.25. The molecule has 2 amide bonds. The van der Waals surface area contributed by atoms with Crippen molar-refractivity contribution in [2.45, 2.75) is 33.6 Å². The fourth-order valence-electron chi connectivity index (χ4n) is 3.89. The number of aryl methyl sites for hydroxylation is 1. The highest BCUT2D eigenvalue weighted by Gasteiger charge is 2.30. The molecule has 204 valence electrons. The Labute approximate surface area is 232 Å². The predicted molar refractivity (Wildman–Crippen MR) is 156 cm³/mol. The first-order chi connectivity index (χ1) is 18.4. The molecular weight excluding hydrogens is 520 g/mol. The van der Waals surface area contributed by atoms with E-state index < -0.39 is 0 Å². The molecule has 2 aliphatic heterocycles. The molecule has 5 rings (SSSR count). The number of hydrogen-bond donors (Lipinski definition) is 2. The summed E-state index contributed by atoms with van der Waals surface area (Å²) in [6.45, 7) is 11.9. The Bertz CT molecular complexity index is 1200. The van der Waals surface area contributed by atoms with Crippen molar-refractivity contribution in [2.24, 2.45) is 10.9 Å². The number of piperazine rings is 1. The van der Waals surface area contributed by atoms with E-state index in [1.165, 1.54) is 23.1 Å². The van der Waals surface area contributed by atoms with Crippen molar-refractivity contribution in [2.75, 3.05) is 51.7 Å². The summed E-state index contributed by atoms with van der Waals surface area (Å²) in [5.74, 6) is 0.769. The van der Waals surface area contributed by atoms with Crippen LogP contribution in [0.15, 0.2) is 34.3 Å². The molecule has 1 aromatic carbocycles. The Morgan fingerprint density at radius 2 is 2.03 bits per heavy atom. The van der Waals surface area contributed by atoms with Crippen LogP contribution in [0.25, 0.3) is 6.08 Å². The third kappa shape index (κ3) is 7.89. The van der Waals surface area contributed by atoms with Gasteiger partial charge in [-0.2, -0.15) is 0 Å². The molecule has 2 N–H and O–H groups in total. The average Bonchev–Trinajstić information content (AvgIpc) is 3.59. The van der Waals surface area contributed by atoms with E-state index in [-0.39, 0.29) is 17.7 Å². The third-order valence-corrected chi connectivity index (χ3v) is 8.06. The second kappa shape index (κ2) is 13.4. The first-order valence-corrected chi connectivity index (χ1v) is 14.8. The number of rotatable bonds is 8. The van der Waals surface area contributed by atoms with Gasteiger partial charge in [0.15, 0.2) is 10.3 Å². The van der Waals surface area contributed by atoms with Gasteiger partial charge >= 0.3 is 0 Å². The lowest BCUT2D eigenvalue weighted by atomic mass is 10.2. The number of thioether (sulfide) groups is 1. The van der Waals surface area contributed by atoms with Crippen LogP contribution in [0.1, 0.15) is 37.1 Å². The summed E-state index contributed by atoms with van der Waals surface area (Å²) in [7, 11) is 2.16. The van der Waals surface area contributed by atoms with Gasteiger partial charge in [-0.3, -0.25) is 14.5 Å². The Morgan fingerprint density at radius 1 is 1.26 bits per heavy atom. The lowest BCUT2D eigenvalue weighted by Gasteiger charge is -2.32. The number of carbonyl (C=O) groups excluding carboxylic acids is 2. The number of likely N-dealkylation sites (N-methyl/N-ethyl adjacent to an activating group) is 1. The van der Waals surface area contributed by atoms with Gasteiger partial charge in [0.1, 0.15) is 12.4 Å². The van der Waals surface area contributed by atoms with Crippen LogP contribution < -0.4 is 15.4 Å². The number of nitrogens with one attached hydrogen (secondary N) is 2. The molecule has 1 saturated carbocycles. The van der Waals surface area contributed by atoms with Crippen molar-refractivity contribution < 1.29 is 14.3 Å². The Balaban J connectivity index is 0.00000164. The summed E-state index contributed by atoms with van der Waals surface area (Å²) in [5, 5.41) is 6.75.